The van der Waals surface area contributed by atoms with Crippen molar-refractivity contribution in [1.29, 1.82) is 0 Å². The lowest BCUT2D eigenvalue weighted by molar-refractivity contribution is -0.136. The van der Waals surface area contributed by atoms with Crippen molar-refractivity contribution in [3.05, 3.63) is 35.4 Å². The summed E-state index contributed by atoms with van der Waals surface area (Å²) in [6.07, 6.45) is 0. The largest absolute Gasteiger partial charge is 0.350 e. The highest BCUT2D eigenvalue weighted by Crippen LogP contribution is 2.34. The molecule has 0 aliphatic heterocycles. The average molecular weight is 227 g/mol. The second-order valence-electron chi connectivity index (χ2n) is 2.44. The van der Waals surface area contributed by atoms with Crippen LogP contribution < -0.4 is 0 Å². The van der Waals surface area contributed by atoms with Crippen molar-refractivity contribution in [1.82, 2.24) is 0 Å². The van der Waals surface area contributed by atoms with Gasteiger partial charge in [0.05, 0.1) is 0 Å². The molecule has 0 aliphatic rings. The molecule has 0 heterocycles. The Bertz CT molecular complexity index is 357. The van der Waals surface area contributed by atoms with Gasteiger partial charge >= 0.3 is 5.92 Å². The summed E-state index contributed by atoms with van der Waals surface area (Å²) in [7, 11) is 0. The van der Waals surface area contributed by atoms with E-state index in [1.807, 2.05) is 0 Å². The fraction of sp³-hybridized carbons (Fsp3) is 0.125. The average Bonchev–Trinajstić information content (AvgIpc) is 2.02. The lowest BCUT2D eigenvalue weighted by Gasteiger charge is -2.12. The summed E-state index contributed by atoms with van der Waals surface area (Å²) in [5.41, 5.74) is -1.63. The van der Waals surface area contributed by atoms with E-state index in [1.54, 1.807) is 0 Å². The molecule has 14 heavy (non-hydrogen) atoms. The van der Waals surface area contributed by atoms with Crippen LogP contribution in [0.5, 0.6) is 0 Å². The molecule has 6 heteroatoms. The van der Waals surface area contributed by atoms with Crippen molar-refractivity contribution in [2.75, 3.05) is 0 Å². The van der Waals surface area contributed by atoms with E-state index in [4.69, 9.17) is 0 Å². The van der Waals surface area contributed by atoms with Crippen molar-refractivity contribution >= 4 is 16.8 Å². The zero-order valence-electron chi connectivity index (χ0n) is 6.53. The molecular formula is C8H3ClF4O. The molecule has 0 bridgehead atoms. The van der Waals surface area contributed by atoms with Crippen LogP contribution in [0.2, 0.25) is 0 Å². The zero-order chi connectivity index (χ0) is 10.9. The number of carbonyl (C=O) groups excluding carboxylic acids is 1. The van der Waals surface area contributed by atoms with Crippen LogP contribution in [-0.4, -0.2) is 5.24 Å². The van der Waals surface area contributed by atoms with E-state index in [2.05, 4.69) is 11.6 Å². The molecule has 1 aromatic carbocycles. The molecule has 0 unspecified atom stereocenters. The van der Waals surface area contributed by atoms with Gasteiger partial charge in [0, 0.05) is 0 Å². The Balaban J connectivity index is 3.38. The molecular weight excluding hydrogens is 224 g/mol. The van der Waals surface area contributed by atoms with Gasteiger partial charge < -0.3 is 0 Å². The smallest absolute Gasteiger partial charge is 0.274 e. The van der Waals surface area contributed by atoms with E-state index < -0.39 is 28.4 Å². The number of halogens is 5. The lowest BCUT2D eigenvalue weighted by Crippen LogP contribution is -2.24. The predicted octanol–water partition coefficient (Wildman–Crippen LogP) is 2.82. The molecule has 1 nitrogen and oxygen atoms in total. The first kappa shape index (κ1) is 11.0. The Hall–Kier alpha value is -1.10. The van der Waals surface area contributed by atoms with Crippen LogP contribution in [0, 0.1) is 11.6 Å². The van der Waals surface area contributed by atoms with Gasteiger partial charge in [-0.05, 0) is 23.7 Å². The normalized spacial score (nSPS) is 11.5. The van der Waals surface area contributed by atoms with Gasteiger partial charge in [-0.15, -0.1) is 0 Å². The third kappa shape index (κ3) is 1.72. The summed E-state index contributed by atoms with van der Waals surface area (Å²) in [5, 5.41) is -2.12. The Morgan fingerprint density at radius 3 is 2.00 bits per heavy atom. The summed E-state index contributed by atoms with van der Waals surface area (Å²) in [6, 6.07) is 2.14. The van der Waals surface area contributed by atoms with E-state index in [1.165, 1.54) is 0 Å². The number of hydrogen-bond acceptors (Lipinski definition) is 1. The quantitative estimate of drug-likeness (QED) is 0.560. The van der Waals surface area contributed by atoms with Crippen molar-refractivity contribution in [3.63, 3.8) is 0 Å². The number of carbonyl (C=O) groups is 1. The number of rotatable bonds is 2. The predicted molar refractivity (Wildman–Crippen MR) is 41.1 cm³/mol. The van der Waals surface area contributed by atoms with Gasteiger partial charge in [0.1, 0.15) is 17.2 Å². The van der Waals surface area contributed by atoms with E-state index >= 15 is 0 Å². The van der Waals surface area contributed by atoms with Gasteiger partial charge in [-0.2, -0.15) is 8.78 Å². The SMILES string of the molecule is O=C(Cl)C(F)(F)c1c(F)cccc1F. The second kappa shape index (κ2) is 3.57. The van der Waals surface area contributed by atoms with Gasteiger partial charge in [0.25, 0.3) is 5.24 Å². The topological polar surface area (TPSA) is 17.1 Å². The van der Waals surface area contributed by atoms with Gasteiger partial charge in [0.2, 0.25) is 0 Å². The number of alkyl halides is 2. The van der Waals surface area contributed by atoms with Gasteiger partial charge in [0.15, 0.2) is 0 Å². The van der Waals surface area contributed by atoms with Gasteiger partial charge in [-0.1, -0.05) is 6.07 Å². The highest BCUT2D eigenvalue weighted by Gasteiger charge is 2.44. The molecule has 0 radical (unpaired) electrons. The Morgan fingerprint density at radius 2 is 1.64 bits per heavy atom. The highest BCUT2D eigenvalue weighted by molar-refractivity contribution is 6.65. The highest BCUT2D eigenvalue weighted by atomic mass is 35.5. The summed E-state index contributed by atoms with van der Waals surface area (Å²) < 4.78 is 51.2. The molecule has 1 rings (SSSR count). The van der Waals surface area contributed by atoms with Crippen molar-refractivity contribution in [2.24, 2.45) is 0 Å². The minimum atomic E-state index is -4.35. The maximum atomic E-state index is 12.8. The molecule has 0 saturated carbocycles. The van der Waals surface area contributed by atoms with Crippen LogP contribution in [0.25, 0.3) is 0 Å². The molecule has 0 spiro atoms. The van der Waals surface area contributed by atoms with Gasteiger partial charge in [-0.25, -0.2) is 8.78 Å². The lowest BCUT2D eigenvalue weighted by atomic mass is 10.1. The van der Waals surface area contributed by atoms with Crippen molar-refractivity contribution in [3.8, 4) is 0 Å². The molecule has 0 atom stereocenters. The summed E-state index contributed by atoms with van der Waals surface area (Å²) in [6.45, 7) is 0. The summed E-state index contributed by atoms with van der Waals surface area (Å²) >= 11 is 4.53. The number of benzene rings is 1. The second-order valence-corrected chi connectivity index (χ2v) is 2.79. The van der Waals surface area contributed by atoms with Crippen LogP contribution in [0.15, 0.2) is 18.2 Å². The molecule has 0 fully saturated rings. The summed E-state index contributed by atoms with van der Waals surface area (Å²) in [5.74, 6) is -7.37. The molecule has 1 aromatic rings. The molecule has 0 N–H and O–H groups in total. The molecule has 0 amide bonds. The van der Waals surface area contributed by atoms with Crippen LogP contribution in [0.1, 0.15) is 5.56 Å². The maximum Gasteiger partial charge on any atom is 0.350 e. The first-order chi connectivity index (χ1) is 6.37. The molecule has 0 aliphatic carbocycles. The first-order valence-electron chi connectivity index (χ1n) is 3.39. The fourth-order valence-electron chi connectivity index (χ4n) is 0.896. The van der Waals surface area contributed by atoms with E-state index in [-0.39, 0.29) is 0 Å². The Morgan fingerprint density at radius 1 is 1.21 bits per heavy atom. The van der Waals surface area contributed by atoms with E-state index in [0.717, 1.165) is 6.07 Å². The van der Waals surface area contributed by atoms with Crippen LogP contribution in [0.3, 0.4) is 0 Å². The Kier molecular flexibility index (Phi) is 2.80. The first-order valence-corrected chi connectivity index (χ1v) is 3.77. The van der Waals surface area contributed by atoms with Crippen molar-refractivity contribution in [2.45, 2.75) is 5.92 Å². The standard InChI is InChI=1S/C8H3ClF4O/c9-7(14)8(12,13)6-4(10)2-1-3-5(6)11/h1-3H. The Labute approximate surface area is 81.3 Å². The minimum Gasteiger partial charge on any atom is -0.274 e. The van der Waals surface area contributed by atoms with Crippen molar-refractivity contribution < 1.29 is 22.4 Å². The molecule has 0 saturated heterocycles. The zero-order valence-corrected chi connectivity index (χ0v) is 7.29. The molecule has 76 valence electrons. The van der Waals surface area contributed by atoms with Crippen LogP contribution in [0.4, 0.5) is 17.6 Å². The van der Waals surface area contributed by atoms with Crippen LogP contribution >= 0.6 is 11.6 Å². The maximum absolute atomic E-state index is 12.8. The van der Waals surface area contributed by atoms with E-state index in [0.29, 0.717) is 12.1 Å². The van der Waals surface area contributed by atoms with E-state index in [9.17, 15) is 22.4 Å². The minimum absolute atomic E-state index is 0.617. The number of hydrogen-bond donors (Lipinski definition) is 0. The monoisotopic (exact) mass is 226 g/mol. The third-order valence-electron chi connectivity index (χ3n) is 1.52. The summed E-state index contributed by atoms with van der Waals surface area (Å²) in [4.78, 5) is 10.3. The fourth-order valence-corrected chi connectivity index (χ4v) is 0.991. The third-order valence-corrected chi connectivity index (χ3v) is 1.76. The van der Waals surface area contributed by atoms with Gasteiger partial charge in [-0.3, -0.25) is 4.79 Å². The van der Waals surface area contributed by atoms with Crippen LogP contribution in [-0.2, 0) is 10.7 Å². The molecule has 0 aromatic heterocycles.